The van der Waals surface area contributed by atoms with Gasteiger partial charge in [-0.15, -0.1) is 0 Å². The number of carboxylic acids is 1. The van der Waals surface area contributed by atoms with Crippen LogP contribution in [-0.2, 0) is 4.79 Å². The molecule has 15 heavy (non-hydrogen) atoms. The molecule has 0 bridgehead atoms. The minimum absolute atomic E-state index is 0.247. The summed E-state index contributed by atoms with van der Waals surface area (Å²) in [6.45, 7) is 5.83. The maximum absolute atomic E-state index is 10.5. The fourth-order valence-corrected chi connectivity index (χ4v) is 1.62. The summed E-state index contributed by atoms with van der Waals surface area (Å²) >= 11 is 0. The predicted octanol–water partition coefficient (Wildman–Crippen LogP) is 2.12. The zero-order valence-electron chi connectivity index (χ0n) is 9.24. The maximum Gasteiger partial charge on any atom is 0.306 e. The third kappa shape index (κ3) is 2.80. The van der Waals surface area contributed by atoms with E-state index in [1.807, 2.05) is 32.9 Å². The minimum atomic E-state index is -0.986. The van der Waals surface area contributed by atoms with Gasteiger partial charge in [0.25, 0.3) is 0 Å². The van der Waals surface area contributed by atoms with Crippen molar-refractivity contribution in [2.45, 2.75) is 33.3 Å². The Morgan fingerprint density at radius 3 is 2.27 bits per heavy atom. The molecule has 3 heteroatoms. The van der Waals surface area contributed by atoms with E-state index in [1.54, 1.807) is 0 Å². The Kier molecular flexibility index (Phi) is 3.48. The summed E-state index contributed by atoms with van der Waals surface area (Å²) < 4.78 is 0. The van der Waals surface area contributed by atoms with Crippen LogP contribution in [0.15, 0.2) is 12.1 Å². The van der Waals surface area contributed by atoms with Crippen LogP contribution in [0.2, 0.25) is 0 Å². The van der Waals surface area contributed by atoms with Gasteiger partial charge < -0.3 is 10.2 Å². The van der Waals surface area contributed by atoms with Crippen LogP contribution in [0.5, 0.6) is 0 Å². The first kappa shape index (κ1) is 11.7. The highest BCUT2D eigenvalue weighted by molar-refractivity contribution is 5.67. The molecule has 0 saturated heterocycles. The van der Waals surface area contributed by atoms with Crippen LogP contribution in [0.4, 0.5) is 0 Å². The Bertz CT molecular complexity index is 383. The van der Waals surface area contributed by atoms with Crippen molar-refractivity contribution in [3.05, 3.63) is 34.4 Å². The molecule has 1 atom stereocenters. The van der Waals surface area contributed by atoms with Crippen molar-refractivity contribution in [1.82, 2.24) is 0 Å². The average molecular weight is 208 g/mol. The molecule has 2 N–H and O–H groups in total. The average Bonchev–Trinajstić information content (AvgIpc) is 2.09. The summed E-state index contributed by atoms with van der Waals surface area (Å²) in [5, 5.41) is 18.3. The summed E-state index contributed by atoms with van der Waals surface area (Å²) in [5.74, 6) is -0.986. The molecule has 0 radical (unpaired) electrons. The van der Waals surface area contributed by atoms with Crippen molar-refractivity contribution in [2.75, 3.05) is 0 Å². The van der Waals surface area contributed by atoms with Crippen LogP contribution >= 0.6 is 0 Å². The molecule has 0 unspecified atom stereocenters. The molecule has 0 heterocycles. The standard InChI is InChI=1S/C12H16O3/c1-7-4-9(3)10(5-8(7)2)11(13)6-12(14)15/h4-5,11,13H,6H2,1-3H3,(H,14,15)/t11-/m1/s1. The molecule has 0 amide bonds. The molecule has 0 spiro atoms. The lowest BCUT2D eigenvalue weighted by Crippen LogP contribution is -2.07. The Morgan fingerprint density at radius 1 is 1.20 bits per heavy atom. The third-order valence-corrected chi connectivity index (χ3v) is 2.61. The summed E-state index contributed by atoms with van der Waals surface area (Å²) in [4.78, 5) is 10.5. The molecule has 1 aromatic rings. The van der Waals surface area contributed by atoms with Crippen LogP contribution in [0.1, 0.15) is 34.8 Å². The van der Waals surface area contributed by atoms with Gasteiger partial charge in [0, 0.05) is 0 Å². The van der Waals surface area contributed by atoms with E-state index in [4.69, 9.17) is 5.11 Å². The molecule has 1 aromatic carbocycles. The van der Waals surface area contributed by atoms with E-state index in [1.165, 1.54) is 0 Å². The second kappa shape index (κ2) is 4.45. The van der Waals surface area contributed by atoms with Gasteiger partial charge in [0.1, 0.15) is 0 Å². The summed E-state index contributed by atoms with van der Waals surface area (Å²) in [6, 6.07) is 3.83. The van der Waals surface area contributed by atoms with Gasteiger partial charge in [0.15, 0.2) is 0 Å². The van der Waals surface area contributed by atoms with Gasteiger partial charge in [-0.3, -0.25) is 4.79 Å². The second-order valence-electron chi connectivity index (χ2n) is 3.91. The van der Waals surface area contributed by atoms with E-state index in [2.05, 4.69) is 0 Å². The molecule has 0 aromatic heterocycles. The van der Waals surface area contributed by atoms with Gasteiger partial charge in [0.05, 0.1) is 12.5 Å². The van der Waals surface area contributed by atoms with Crippen molar-refractivity contribution >= 4 is 5.97 Å². The molecule has 3 nitrogen and oxygen atoms in total. The van der Waals surface area contributed by atoms with Gasteiger partial charge >= 0.3 is 5.97 Å². The monoisotopic (exact) mass is 208 g/mol. The van der Waals surface area contributed by atoms with Crippen LogP contribution in [0, 0.1) is 20.8 Å². The smallest absolute Gasteiger partial charge is 0.306 e. The molecule has 1 rings (SSSR count). The lowest BCUT2D eigenvalue weighted by molar-refractivity contribution is -0.139. The highest BCUT2D eigenvalue weighted by Gasteiger charge is 2.14. The summed E-state index contributed by atoms with van der Waals surface area (Å²) in [5.41, 5.74) is 3.87. The molecule has 0 aliphatic heterocycles. The number of benzene rings is 1. The van der Waals surface area contributed by atoms with E-state index in [9.17, 15) is 9.90 Å². The lowest BCUT2D eigenvalue weighted by Gasteiger charge is -2.14. The molecule has 82 valence electrons. The molecular formula is C12H16O3. The first-order valence-corrected chi connectivity index (χ1v) is 4.89. The minimum Gasteiger partial charge on any atom is -0.481 e. The molecule has 0 aliphatic carbocycles. The van der Waals surface area contributed by atoms with Gasteiger partial charge in [-0.25, -0.2) is 0 Å². The predicted molar refractivity (Wildman–Crippen MR) is 57.9 cm³/mol. The fourth-order valence-electron chi connectivity index (χ4n) is 1.62. The number of aliphatic carboxylic acids is 1. The normalized spacial score (nSPS) is 12.5. The van der Waals surface area contributed by atoms with Crippen LogP contribution < -0.4 is 0 Å². The number of aliphatic hydroxyl groups excluding tert-OH is 1. The largest absolute Gasteiger partial charge is 0.481 e. The van der Waals surface area contributed by atoms with Gasteiger partial charge in [-0.1, -0.05) is 12.1 Å². The van der Waals surface area contributed by atoms with E-state index < -0.39 is 12.1 Å². The van der Waals surface area contributed by atoms with Crippen molar-refractivity contribution in [2.24, 2.45) is 0 Å². The van der Waals surface area contributed by atoms with E-state index in [0.29, 0.717) is 5.56 Å². The topological polar surface area (TPSA) is 57.5 Å². The van der Waals surface area contributed by atoms with E-state index in [-0.39, 0.29) is 6.42 Å². The number of carbonyl (C=O) groups is 1. The van der Waals surface area contributed by atoms with Crippen molar-refractivity contribution in [3.63, 3.8) is 0 Å². The van der Waals surface area contributed by atoms with Gasteiger partial charge in [0.2, 0.25) is 0 Å². The first-order chi connectivity index (χ1) is 6.91. The van der Waals surface area contributed by atoms with Crippen LogP contribution in [0.25, 0.3) is 0 Å². The number of rotatable bonds is 3. The number of aryl methyl sites for hydroxylation is 3. The van der Waals surface area contributed by atoms with Crippen LogP contribution in [-0.4, -0.2) is 16.2 Å². The molecule has 0 saturated carbocycles. The van der Waals surface area contributed by atoms with Crippen molar-refractivity contribution in [1.29, 1.82) is 0 Å². The SMILES string of the molecule is Cc1cc(C)c([C@H](O)CC(=O)O)cc1C. The van der Waals surface area contributed by atoms with Crippen molar-refractivity contribution in [3.8, 4) is 0 Å². The van der Waals surface area contributed by atoms with Crippen LogP contribution in [0.3, 0.4) is 0 Å². The van der Waals surface area contributed by atoms with E-state index >= 15 is 0 Å². The maximum atomic E-state index is 10.5. The highest BCUT2D eigenvalue weighted by atomic mass is 16.4. The Labute approximate surface area is 89.4 Å². The summed E-state index contributed by atoms with van der Waals surface area (Å²) in [6.07, 6.45) is -1.16. The van der Waals surface area contributed by atoms with Gasteiger partial charge in [-0.05, 0) is 43.0 Å². The second-order valence-corrected chi connectivity index (χ2v) is 3.91. The molecule has 0 fully saturated rings. The van der Waals surface area contributed by atoms with Gasteiger partial charge in [-0.2, -0.15) is 0 Å². The zero-order chi connectivity index (χ0) is 11.6. The highest BCUT2D eigenvalue weighted by Crippen LogP contribution is 2.23. The number of aliphatic hydroxyl groups is 1. The lowest BCUT2D eigenvalue weighted by atomic mass is 9.96. The Morgan fingerprint density at radius 2 is 1.73 bits per heavy atom. The summed E-state index contributed by atoms with van der Waals surface area (Å²) in [7, 11) is 0. The number of carboxylic acid groups (broad SMARTS) is 1. The number of hydrogen-bond donors (Lipinski definition) is 2. The number of hydrogen-bond acceptors (Lipinski definition) is 2. The Hall–Kier alpha value is -1.35. The fraction of sp³-hybridized carbons (Fsp3) is 0.417. The van der Waals surface area contributed by atoms with Crippen molar-refractivity contribution < 1.29 is 15.0 Å². The zero-order valence-corrected chi connectivity index (χ0v) is 9.24. The Balaban J connectivity index is 3.03. The molecule has 0 aliphatic rings. The van der Waals surface area contributed by atoms with E-state index in [0.717, 1.165) is 16.7 Å². The third-order valence-electron chi connectivity index (χ3n) is 2.61. The molecular weight excluding hydrogens is 192 g/mol. The quantitative estimate of drug-likeness (QED) is 0.800. The first-order valence-electron chi connectivity index (χ1n) is 4.89.